The van der Waals surface area contributed by atoms with Gasteiger partial charge in [-0.1, -0.05) is 266 Å². The highest BCUT2D eigenvalue weighted by molar-refractivity contribution is 5.93. The third-order valence-electron chi connectivity index (χ3n) is 17.6. The fraction of sp³-hybridized carbons (Fsp3) is 0.250. The lowest BCUT2D eigenvalue weighted by molar-refractivity contribution is 0.602. The van der Waals surface area contributed by atoms with Gasteiger partial charge in [-0.25, -0.2) is 0 Å². The topological polar surface area (TPSA) is 0 Å². The fourth-order valence-corrected chi connectivity index (χ4v) is 12.8. The quantitative estimate of drug-likeness (QED) is 0.101. The zero-order valence-corrected chi connectivity index (χ0v) is 47.1. The predicted molar refractivity (Wildman–Crippen MR) is 347 cm³/mol. The maximum Gasteiger partial charge on any atom is -0.0105 e. The van der Waals surface area contributed by atoms with E-state index >= 15 is 0 Å². The largest absolute Gasteiger partial charge is 0.0696 e. The molecule has 0 heteroatoms. The first-order valence-corrected chi connectivity index (χ1v) is 30.6. The Hall–Kier alpha value is -7.80. The highest BCUT2D eigenvalue weighted by atomic mass is 14.2. The molecule has 0 aliphatic heterocycles. The molecule has 80 heavy (non-hydrogen) atoms. The van der Waals surface area contributed by atoms with Gasteiger partial charge in [0.05, 0.1) is 0 Å². The second kappa shape index (κ2) is 26.0. The van der Waals surface area contributed by atoms with Gasteiger partial charge in [0.1, 0.15) is 0 Å². The molecule has 0 amide bonds. The van der Waals surface area contributed by atoms with Crippen LogP contribution in [0.5, 0.6) is 0 Å². The lowest BCUT2D eigenvalue weighted by Crippen LogP contribution is -1.94. The molecule has 0 aromatic heterocycles. The first-order valence-electron chi connectivity index (χ1n) is 30.6. The van der Waals surface area contributed by atoms with Crippen LogP contribution in [0.3, 0.4) is 0 Å². The lowest BCUT2D eigenvalue weighted by atomic mass is 9.91. The highest BCUT2D eigenvalue weighted by Crippen LogP contribution is 2.35. The standard InChI is InChI=1S/C80H78/c1-5-13-59(14-6-1)53-63-25-37-75(38-26-63)79(76-39-27-64(28-40-76)54-60-15-7-2-8-16-60)57-67-21-33-69(34-22-67)71-45-49-73(50-46-71)74-51-47-72(48-52-74)70-35-23-68(24-36-70)58-80(77-41-29-65(30-42-77)55-61-17-9-3-10-18-61)78-43-31-66(32-44-78)56-62-19-11-4-12-20-62/h21-58H,1-20H2. The number of benzene rings is 8. The van der Waals surface area contributed by atoms with Crippen LogP contribution in [0.4, 0.5) is 0 Å². The molecule has 0 nitrogen and oxygen atoms in total. The Bertz CT molecular complexity index is 3110. The summed E-state index contributed by atoms with van der Waals surface area (Å²) in [6.07, 6.45) is 40.5. The molecule has 4 saturated carbocycles. The first kappa shape index (κ1) is 52.9. The second-order valence-corrected chi connectivity index (χ2v) is 23.5. The van der Waals surface area contributed by atoms with E-state index < -0.39 is 0 Å². The Morgan fingerprint density at radius 2 is 0.362 bits per heavy atom. The Morgan fingerprint density at radius 3 is 0.562 bits per heavy atom. The van der Waals surface area contributed by atoms with Gasteiger partial charge in [0.15, 0.2) is 0 Å². The average Bonchev–Trinajstić information content (AvgIpc) is 3.53. The van der Waals surface area contributed by atoms with E-state index in [-0.39, 0.29) is 0 Å². The number of allylic oxidation sites excluding steroid dienone is 4. The van der Waals surface area contributed by atoms with Gasteiger partial charge in [0.25, 0.3) is 0 Å². The predicted octanol–water partition coefficient (Wildman–Crippen LogP) is 23.3. The van der Waals surface area contributed by atoms with Crippen molar-refractivity contribution in [2.45, 2.75) is 128 Å². The molecule has 4 fully saturated rings. The van der Waals surface area contributed by atoms with Gasteiger partial charge in [-0.3, -0.25) is 0 Å². The van der Waals surface area contributed by atoms with Crippen molar-refractivity contribution in [3.8, 4) is 33.4 Å². The van der Waals surface area contributed by atoms with Crippen LogP contribution in [0.25, 0.3) is 81.0 Å². The summed E-state index contributed by atoms with van der Waals surface area (Å²) in [6, 6.07) is 73.4. The van der Waals surface area contributed by atoms with E-state index in [0.717, 1.165) is 0 Å². The molecule has 8 aromatic carbocycles. The fourth-order valence-electron chi connectivity index (χ4n) is 12.8. The van der Waals surface area contributed by atoms with Crippen LogP contribution < -0.4 is 0 Å². The SMILES string of the molecule is C(=C1CCCCC1)c1ccc(C(=Cc2ccc(-c3ccc(-c4ccc(-c5ccc(C=C(c6ccc(C=C7CCCCC7)cc6)c6ccc(C=C7CCCCC7)cc6)cc5)cc4)cc3)cc2)c2ccc(C=C3CCCCC3)cc2)cc1. The maximum absolute atomic E-state index is 2.43. The minimum Gasteiger partial charge on any atom is -0.0696 e. The molecule has 0 atom stereocenters. The summed E-state index contributed by atoms with van der Waals surface area (Å²) in [4.78, 5) is 0. The van der Waals surface area contributed by atoms with E-state index in [1.807, 2.05) is 0 Å². The summed E-state index contributed by atoms with van der Waals surface area (Å²) in [6.45, 7) is 0. The van der Waals surface area contributed by atoms with Crippen molar-refractivity contribution < 1.29 is 0 Å². The molecule has 12 rings (SSSR count). The zero-order chi connectivity index (χ0) is 53.7. The van der Waals surface area contributed by atoms with Crippen molar-refractivity contribution in [1.82, 2.24) is 0 Å². The van der Waals surface area contributed by atoms with Gasteiger partial charge in [-0.05, 0) is 215 Å². The van der Waals surface area contributed by atoms with Crippen molar-refractivity contribution in [2.75, 3.05) is 0 Å². The summed E-state index contributed by atoms with van der Waals surface area (Å²) in [5.74, 6) is 0. The third-order valence-corrected chi connectivity index (χ3v) is 17.6. The lowest BCUT2D eigenvalue weighted by Gasteiger charge is -2.15. The van der Waals surface area contributed by atoms with E-state index in [0.29, 0.717) is 0 Å². The zero-order valence-electron chi connectivity index (χ0n) is 47.1. The Kier molecular flexibility index (Phi) is 17.2. The average molecular weight is 1040 g/mol. The van der Waals surface area contributed by atoms with Crippen LogP contribution in [0, 0.1) is 0 Å². The van der Waals surface area contributed by atoms with E-state index in [1.54, 1.807) is 22.3 Å². The van der Waals surface area contributed by atoms with Gasteiger partial charge in [-0.15, -0.1) is 0 Å². The van der Waals surface area contributed by atoms with E-state index in [4.69, 9.17) is 0 Å². The van der Waals surface area contributed by atoms with Crippen molar-refractivity contribution in [2.24, 2.45) is 0 Å². The second-order valence-electron chi connectivity index (χ2n) is 23.5. The molecule has 4 aliphatic carbocycles. The Balaban J connectivity index is 0.738. The Labute approximate surface area is 478 Å². The summed E-state index contributed by atoms with van der Waals surface area (Å²) >= 11 is 0. The summed E-state index contributed by atoms with van der Waals surface area (Å²) < 4.78 is 0. The molecule has 4 aliphatic rings. The molecule has 0 radical (unpaired) electrons. The van der Waals surface area contributed by atoms with E-state index in [2.05, 4.69) is 231 Å². The van der Waals surface area contributed by atoms with E-state index in [1.165, 1.54) is 229 Å². The highest BCUT2D eigenvalue weighted by Gasteiger charge is 2.13. The number of hydrogen-bond acceptors (Lipinski definition) is 0. The molecular weight excluding hydrogens is 961 g/mol. The number of rotatable bonds is 13. The monoisotopic (exact) mass is 1040 g/mol. The molecule has 0 bridgehead atoms. The van der Waals surface area contributed by atoms with Gasteiger partial charge in [0, 0.05) is 0 Å². The molecule has 0 unspecified atom stereocenters. The smallest absolute Gasteiger partial charge is 0.0105 e. The van der Waals surface area contributed by atoms with Crippen LogP contribution >= 0.6 is 0 Å². The van der Waals surface area contributed by atoms with Crippen LogP contribution in [0.15, 0.2) is 216 Å². The van der Waals surface area contributed by atoms with Crippen molar-refractivity contribution in [3.63, 3.8) is 0 Å². The molecule has 0 heterocycles. The molecule has 0 spiro atoms. The third kappa shape index (κ3) is 13.8. The first-order chi connectivity index (χ1) is 39.6. The molecule has 398 valence electrons. The van der Waals surface area contributed by atoms with Crippen LogP contribution in [0.1, 0.15) is 184 Å². The van der Waals surface area contributed by atoms with Gasteiger partial charge >= 0.3 is 0 Å². The summed E-state index contributed by atoms with van der Waals surface area (Å²) in [5.41, 5.74) is 28.8. The summed E-state index contributed by atoms with van der Waals surface area (Å²) in [7, 11) is 0. The Morgan fingerprint density at radius 1 is 0.188 bits per heavy atom. The maximum atomic E-state index is 2.43. The van der Waals surface area contributed by atoms with Crippen molar-refractivity contribution >= 4 is 47.6 Å². The molecule has 0 N–H and O–H groups in total. The van der Waals surface area contributed by atoms with Crippen LogP contribution in [0.2, 0.25) is 0 Å². The number of hydrogen-bond donors (Lipinski definition) is 0. The molecule has 0 saturated heterocycles. The minimum atomic E-state index is 1.20. The molecule has 8 aromatic rings. The summed E-state index contributed by atoms with van der Waals surface area (Å²) in [5, 5.41) is 0. The molecular formula is C80H78. The van der Waals surface area contributed by atoms with Crippen molar-refractivity contribution in [1.29, 1.82) is 0 Å². The van der Waals surface area contributed by atoms with Crippen LogP contribution in [-0.2, 0) is 0 Å². The van der Waals surface area contributed by atoms with Gasteiger partial charge in [0.2, 0.25) is 0 Å². The minimum absolute atomic E-state index is 1.20. The van der Waals surface area contributed by atoms with E-state index in [9.17, 15) is 0 Å². The van der Waals surface area contributed by atoms with Crippen molar-refractivity contribution in [3.05, 3.63) is 272 Å². The van der Waals surface area contributed by atoms with Crippen LogP contribution in [-0.4, -0.2) is 0 Å². The normalized spacial score (nSPS) is 15.7. The van der Waals surface area contributed by atoms with Gasteiger partial charge < -0.3 is 0 Å². The van der Waals surface area contributed by atoms with Gasteiger partial charge in [-0.2, -0.15) is 0 Å².